The van der Waals surface area contributed by atoms with Gasteiger partial charge >= 0.3 is 0 Å². The van der Waals surface area contributed by atoms with Gasteiger partial charge in [-0.25, -0.2) is 8.42 Å². The van der Waals surface area contributed by atoms with Crippen LogP contribution in [0.3, 0.4) is 0 Å². The molecule has 0 radical (unpaired) electrons. The number of methoxy groups -OCH3 is 1. The number of sulfonamides is 1. The fourth-order valence-corrected chi connectivity index (χ4v) is 3.29. The average molecular weight is 272 g/mol. The van der Waals surface area contributed by atoms with Gasteiger partial charge in [-0.3, -0.25) is 4.72 Å². The summed E-state index contributed by atoms with van der Waals surface area (Å²) in [7, 11) is -1.95. The van der Waals surface area contributed by atoms with Crippen molar-refractivity contribution in [3.8, 4) is 5.75 Å². The summed E-state index contributed by atoms with van der Waals surface area (Å²) in [5.41, 5.74) is 6.16. The van der Waals surface area contributed by atoms with Gasteiger partial charge in [0.2, 0.25) is 10.0 Å². The lowest BCUT2D eigenvalue weighted by Gasteiger charge is -2.19. The van der Waals surface area contributed by atoms with Crippen LogP contribution in [0.2, 0.25) is 0 Å². The minimum atomic E-state index is -3.43. The van der Waals surface area contributed by atoms with Crippen LogP contribution in [-0.4, -0.2) is 21.3 Å². The van der Waals surface area contributed by atoms with Crippen LogP contribution in [0.15, 0.2) is 18.2 Å². The lowest BCUT2D eigenvalue weighted by Crippen LogP contribution is -2.26. The van der Waals surface area contributed by atoms with Crippen molar-refractivity contribution in [2.45, 2.75) is 20.8 Å². The van der Waals surface area contributed by atoms with E-state index in [4.69, 9.17) is 10.5 Å². The highest BCUT2D eigenvalue weighted by molar-refractivity contribution is 7.92. The molecule has 0 heterocycles. The standard InChI is InChI=1S/C12H20N2O3S/c1-12(2,3)8-18(15,16)14-10-7-9(13)5-6-11(10)17-4/h5-7,14H,8,13H2,1-4H3. The number of anilines is 2. The molecule has 0 saturated heterocycles. The summed E-state index contributed by atoms with van der Waals surface area (Å²) < 4.78 is 31.6. The molecule has 1 rings (SSSR count). The van der Waals surface area contributed by atoms with Crippen molar-refractivity contribution in [1.29, 1.82) is 0 Å². The number of rotatable bonds is 4. The first-order chi connectivity index (χ1) is 8.13. The van der Waals surface area contributed by atoms with Crippen LogP contribution in [0.1, 0.15) is 20.8 Å². The van der Waals surface area contributed by atoms with Crippen LogP contribution >= 0.6 is 0 Å². The molecule has 0 aliphatic rings. The normalized spacial score (nSPS) is 12.2. The molecule has 1 aromatic rings. The molecule has 0 aliphatic heterocycles. The van der Waals surface area contributed by atoms with Crippen LogP contribution in [-0.2, 0) is 10.0 Å². The second-order valence-electron chi connectivity index (χ2n) is 5.38. The van der Waals surface area contributed by atoms with Crippen LogP contribution in [0.5, 0.6) is 5.75 Å². The van der Waals surface area contributed by atoms with E-state index in [1.54, 1.807) is 18.2 Å². The Kier molecular flexibility index (Phi) is 4.11. The number of ether oxygens (including phenoxy) is 1. The highest BCUT2D eigenvalue weighted by Crippen LogP contribution is 2.28. The van der Waals surface area contributed by atoms with Crippen LogP contribution in [0.25, 0.3) is 0 Å². The first kappa shape index (κ1) is 14.6. The molecule has 0 amide bonds. The number of hydrogen-bond acceptors (Lipinski definition) is 4. The van der Waals surface area contributed by atoms with E-state index in [2.05, 4.69) is 4.72 Å². The molecule has 0 spiro atoms. The maximum Gasteiger partial charge on any atom is 0.233 e. The summed E-state index contributed by atoms with van der Waals surface area (Å²) in [5.74, 6) is 0.472. The summed E-state index contributed by atoms with van der Waals surface area (Å²) >= 11 is 0. The molecular formula is C12H20N2O3S. The Hall–Kier alpha value is -1.43. The summed E-state index contributed by atoms with van der Waals surface area (Å²) in [5, 5.41) is 0. The third-order valence-electron chi connectivity index (χ3n) is 2.11. The predicted molar refractivity (Wildman–Crippen MR) is 74.3 cm³/mol. The molecule has 0 aromatic heterocycles. The van der Waals surface area contributed by atoms with Crippen molar-refractivity contribution in [1.82, 2.24) is 0 Å². The molecular weight excluding hydrogens is 252 g/mol. The van der Waals surface area contributed by atoms with E-state index >= 15 is 0 Å². The second kappa shape index (κ2) is 5.06. The van der Waals surface area contributed by atoms with Gasteiger partial charge in [0.25, 0.3) is 0 Å². The first-order valence-electron chi connectivity index (χ1n) is 5.57. The molecule has 1 aromatic carbocycles. The number of hydrogen-bond donors (Lipinski definition) is 2. The quantitative estimate of drug-likeness (QED) is 0.822. The Morgan fingerprint density at radius 3 is 2.44 bits per heavy atom. The van der Waals surface area contributed by atoms with Crippen LogP contribution in [0, 0.1) is 5.41 Å². The molecule has 0 aliphatic carbocycles. The van der Waals surface area contributed by atoms with Crippen LogP contribution in [0.4, 0.5) is 11.4 Å². The van der Waals surface area contributed by atoms with E-state index in [0.717, 1.165) is 0 Å². The topological polar surface area (TPSA) is 81.4 Å². The molecule has 5 nitrogen and oxygen atoms in total. The molecule has 0 bridgehead atoms. The van der Waals surface area contributed by atoms with E-state index in [1.165, 1.54) is 7.11 Å². The fraction of sp³-hybridized carbons (Fsp3) is 0.500. The lowest BCUT2D eigenvalue weighted by molar-refractivity contribution is 0.417. The van der Waals surface area contributed by atoms with Crippen molar-refractivity contribution in [2.75, 3.05) is 23.3 Å². The van der Waals surface area contributed by atoms with Crippen molar-refractivity contribution in [2.24, 2.45) is 5.41 Å². The molecule has 6 heteroatoms. The molecule has 3 N–H and O–H groups in total. The maximum atomic E-state index is 12.0. The second-order valence-corrected chi connectivity index (χ2v) is 7.10. The molecule has 0 saturated carbocycles. The van der Waals surface area contributed by atoms with Gasteiger partial charge in [-0.15, -0.1) is 0 Å². The fourth-order valence-electron chi connectivity index (χ4n) is 1.58. The van der Waals surface area contributed by atoms with Gasteiger partial charge in [-0.05, 0) is 23.6 Å². The number of benzene rings is 1. The Labute approximate surface area is 108 Å². The maximum absolute atomic E-state index is 12.0. The van der Waals surface area contributed by atoms with E-state index in [-0.39, 0.29) is 11.2 Å². The zero-order valence-corrected chi connectivity index (χ0v) is 12.0. The van der Waals surface area contributed by atoms with Crippen molar-refractivity contribution >= 4 is 21.4 Å². The summed E-state index contributed by atoms with van der Waals surface area (Å²) in [6.07, 6.45) is 0. The van der Waals surface area contributed by atoms with Gasteiger partial charge in [0.15, 0.2) is 0 Å². The third-order valence-corrected chi connectivity index (χ3v) is 3.89. The molecule has 102 valence electrons. The Bertz CT molecular complexity index is 519. The Morgan fingerprint density at radius 2 is 1.94 bits per heavy atom. The molecule has 0 fully saturated rings. The zero-order valence-electron chi connectivity index (χ0n) is 11.1. The van der Waals surface area contributed by atoms with E-state index in [9.17, 15) is 8.42 Å². The average Bonchev–Trinajstić information content (AvgIpc) is 2.13. The summed E-state index contributed by atoms with van der Waals surface area (Å²) in [4.78, 5) is 0. The van der Waals surface area contributed by atoms with Gasteiger partial charge in [-0.1, -0.05) is 20.8 Å². The van der Waals surface area contributed by atoms with E-state index in [1.807, 2.05) is 20.8 Å². The van der Waals surface area contributed by atoms with E-state index in [0.29, 0.717) is 17.1 Å². The van der Waals surface area contributed by atoms with Crippen molar-refractivity contribution in [3.05, 3.63) is 18.2 Å². The van der Waals surface area contributed by atoms with Gasteiger partial charge in [0.1, 0.15) is 5.75 Å². The number of nitrogen functional groups attached to an aromatic ring is 1. The van der Waals surface area contributed by atoms with Gasteiger partial charge in [0.05, 0.1) is 18.6 Å². The molecule has 18 heavy (non-hydrogen) atoms. The number of nitrogens with two attached hydrogens (primary N) is 1. The first-order valence-corrected chi connectivity index (χ1v) is 7.22. The minimum absolute atomic E-state index is 0.0257. The summed E-state index contributed by atoms with van der Waals surface area (Å²) in [6.45, 7) is 5.59. The van der Waals surface area contributed by atoms with Gasteiger partial charge < -0.3 is 10.5 Å². The smallest absolute Gasteiger partial charge is 0.233 e. The van der Waals surface area contributed by atoms with Crippen molar-refractivity contribution in [3.63, 3.8) is 0 Å². The lowest BCUT2D eigenvalue weighted by atomic mass is 10.0. The van der Waals surface area contributed by atoms with Gasteiger partial charge in [0, 0.05) is 5.69 Å². The predicted octanol–water partition coefficient (Wildman–Crippen LogP) is 2.07. The summed E-state index contributed by atoms with van der Waals surface area (Å²) in [6, 6.07) is 4.82. The SMILES string of the molecule is COc1ccc(N)cc1NS(=O)(=O)CC(C)(C)C. The monoisotopic (exact) mass is 272 g/mol. The minimum Gasteiger partial charge on any atom is -0.495 e. The third kappa shape index (κ3) is 4.44. The zero-order chi connectivity index (χ0) is 14.0. The highest BCUT2D eigenvalue weighted by atomic mass is 32.2. The van der Waals surface area contributed by atoms with Gasteiger partial charge in [-0.2, -0.15) is 0 Å². The Morgan fingerprint density at radius 1 is 1.33 bits per heavy atom. The van der Waals surface area contributed by atoms with E-state index < -0.39 is 10.0 Å². The number of nitrogens with one attached hydrogen (secondary N) is 1. The van der Waals surface area contributed by atoms with Crippen molar-refractivity contribution < 1.29 is 13.2 Å². The molecule has 0 unspecified atom stereocenters. The largest absolute Gasteiger partial charge is 0.495 e. The highest BCUT2D eigenvalue weighted by Gasteiger charge is 2.22. The van der Waals surface area contributed by atoms with Crippen LogP contribution < -0.4 is 15.2 Å². The molecule has 0 atom stereocenters. The Balaban J connectivity index is 3.00.